The van der Waals surface area contributed by atoms with Crippen molar-refractivity contribution in [3.63, 3.8) is 0 Å². The van der Waals surface area contributed by atoms with E-state index in [1.807, 2.05) is 12.1 Å². The Bertz CT molecular complexity index is 490. The smallest absolute Gasteiger partial charge is 0.240 e. The minimum Gasteiger partial charge on any atom is -0.338 e. The van der Waals surface area contributed by atoms with E-state index in [-0.39, 0.29) is 6.54 Å². The Hall–Kier alpha value is -1.72. The first-order valence-corrected chi connectivity index (χ1v) is 5.95. The molecule has 0 spiro atoms. The highest BCUT2D eigenvalue weighted by Crippen LogP contribution is 2.16. The predicted molar refractivity (Wildman–Crippen MR) is 69.9 cm³/mol. The number of rotatable bonds is 5. The van der Waals surface area contributed by atoms with E-state index in [1.165, 1.54) is 5.56 Å². The molecule has 5 heteroatoms. The van der Waals surface area contributed by atoms with E-state index in [1.54, 1.807) is 0 Å². The Morgan fingerprint density at radius 3 is 2.50 bits per heavy atom. The average molecular weight is 246 g/mol. The summed E-state index contributed by atoms with van der Waals surface area (Å²) in [4.78, 5) is 6.36. The van der Waals surface area contributed by atoms with Crippen molar-refractivity contribution in [1.29, 1.82) is 0 Å². The predicted octanol–water partition coefficient (Wildman–Crippen LogP) is 1.30. The van der Waals surface area contributed by atoms with Crippen molar-refractivity contribution in [2.45, 2.75) is 13.0 Å². The molecule has 1 heterocycles. The number of hydrogen-bond donors (Lipinski definition) is 1. The number of nitrogens with two attached hydrogens (primary N) is 1. The maximum Gasteiger partial charge on any atom is 0.240 e. The summed E-state index contributed by atoms with van der Waals surface area (Å²) in [6.07, 6.45) is 1.04. The molecule has 0 saturated heterocycles. The molecule has 0 atom stereocenters. The topological polar surface area (TPSA) is 68.2 Å². The average Bonchev–Trinajstić information content (AvgIpc) is 2.85. The standard InChI is InChI=1S/C13H18N4O/c1-17(2)8-7-10-3-5-11(6-4-10)13-15-12(9-14)18-16-13/h3-6H,7-9,14H2,1-2H3. The molecule has 2 N–H and O–H groups in total. The second kappa shape index (κ2) is 5.75. The lowest BCUT2D eigenvalue weighted by Gasteiger charge is -2.09. The third kappa shape index (κ3) is 3.15. The molecule has 0 aliphatic rings. The fourth-order valence-corrected chi connectivity index (χ4v) is 1.63. The van der Waals surface area contributed by atoms with Crippen LogP contribution in [0.3, 0.4) is 0 Å². The summed E-state index contributed by atoms with van der Waals surface area (Å²) in [5.41, 5.74) is 7.68. The minimum atomic E-state index is 0.272. The van der Waals surface area contributed by atoms with Gasteiger partial charge < -0.3 is 15.2 Å². The van der Waals surface area contributed by atoms with Gasteiger partial charge in [-0.05, 0) is 26.1 Å². The van der Waals surface area contributed by atoms with Crippen LogP contribution in [0.5, 0.6) is 0 Å². The Labute approximate surface area is 107 Å². The van der Waals surface area contributed by atoms with Gasteiger partial charge in [-0.2, -0.15) is 4.98 Å². The quantitative estimate of drug-likeness (QED) is 0.861. The molecular weight excluding hydrogens is 228 g/mol. The Morgan fingerprint density at radius 2 is 1.94 bits per heavy atom. The molecule has 0 saturated carbocycles. The third-order valence-electron chi connectivity index (χ3n) is 2.70. The van der Waals surface area contributed by atoms with Crippen LogP contribution in [0, 0.1) is 0 Å². The molecule has 1 aromatic carbocycles. The zero-order chi connectivity index (χ0) is 13.0. The first kappa shape index (κ1) is 12.7. The van der Waals surface area contributed by atoms with Gasteiger partial charge in [-0.1, -0.05) is 29.4 Å². The highest BCUT2D eigenvalue weighted by atomic mass is 16.5. The summed E-state index contributed by atoms with van der Waals surface area (Å²) in [6.45, 7) is 1.31. The maximum absolute atomic E-state index is 5.43. The van der Waals surface area contributed by atoms with Gasteiger partial charge in [-0.3, -0.25) is 0 Å². The van der Waals surface area contributed by atoms with Gasteiger partial charge in [0.2, 0.25) is 11.7 Å². The largest absolute Gasteiger partial charge is 0.338 e. The van der Waals surface area contributed by atoms with Gasteiger partial charge in [0.1, 0.15) is 0 Å². The number of benzene rings is 1. The van der Waals surface area contributed by atoms with Crippen molar-refractivity contribution in [2.75, 3.05) is 20.6 Å². The molecule has 2 aromatic rings. The number of likely N-dealkylation sites (N-methyl/N-ethyl adjacent to an activating group) is 1. The zero-order valence-electron chi connectivity index (χ0n) is 10.8. The van der Waals surface area contributed by atoms with Crippen LogP contribution < -0.4 is 5.73 Å². The van der Waals surface area contributed by atoms with E-state index in [0.29, 0.717) is 11.7 Å². The molecule has 0 unspecified atom stereocenters. The van der Waals surface area contributed by atoms with Crippen LogP contribution in [0.25, 0.3) is 11.4 Å². The van der Waals surface area contributed by atoms with Gasteiger partial charge in [0.25, 0.3) is 0 Å². The van der Waals surface area contributed by atoms with Gasteiger partial charge in [0.15, 0.2) is 0 Å². The van der Waals surface area contributed by atoms with Crippen LogP contribution in [0.4, 0.5) is 0 Å². The van der Waals surface area contributed by atoms with E-state index in [0.717, 1.165) is 18.5 Å². The molecule has 0 bridgehead atoms. The lowest BCUT2D eigenvalue weighted by molar-refractivity contribution is 0.380. The summed E-state index contributed by atoms with van der Waals surface area (Å²) in [5, 5.41) is 3.89. The van der Waals surface area contributed by atoms with E-state index in [2.05, 4.69) is 41.3 Å². The fraction of sp³-hybridized carbons (Fsp3) is 0.385. The van der Waals surface area contributed by atoms with Crippen molar-refractivity contribution < 1.29 is 4.52 Å². The Kier molecular flexibility index (Phi) is 4.07. The normalized spacial score (nSPS) is 11.1. The summed E-state index contributed by atoms with van der Waals surface area (Å²) in [7, 11) is 4.14. The van der Waals surface area contributed by atoms with Crippen LogP contribution in [-0.2, 0) is 13.0 Å². The summed E-state index contributed by atoms with van der Waals surface area (Å²) in [5.74, 6) is 1.05. The first-order valence-electron chi connectivity index (χ1n) is 5.95. The highest BCUT2D eigenvalue weighted by molar-refractivity contribution is 5.54. The summed E-state index contributed by atoms with van der Waals surface area (Å²) < 4.78 is 4.98. The maximum atomic E-state index is 5.43. The molecule has 96 valence electrons. The molecule has 0 radical (unpaired) electrons. The van der Waals surface area contributed by atoms with E-state index in [4.69, 9.17) is 10.3 Å². The lowest BCUT2D eigenvalue weighted by atomic mass is 10.1. The van der Waals surface area contributed by atoms with Crippen LogP contribution in [-0.4, -0.2) is 35.7 Å². The first-order chi connectivity index (χ1) is 8.69. The van der Waals surface area contributed by atoms with Gasteiger partial charge in [-0.25, -0.2) is 0 Å². The van der Waals surface area contributed by atoms with Crippen molar-refractivity contribution in [3.8, 4) is 11.4 Å². The zero-order valence-corrected chi connectivity index (χ0v) is 10.8. The number of hydrogen-bond acceptors (Lipinski definition) is 5. The van der Waals surface area contributed by atoms with Crippen LogP contribution >= 0.6 is 0 Å². The van der Waals surface area contributed by atoms with Gasteiger partial charge in [0, 0.05) is 12.1 Å². The molecule has 0 aliphatic heterocycles. The molecule has 18 heavy (non-hydrogen) atoms. The second-order valence-electron chi connectivity index (χ2n) is 4.47. The van der Waals surface area contributed by atoms with Crippen molar-refractivity contribution in [2.24, 2.45) is 5.73 Å². The Balaban J connectivity index is 2.07. The Morgan fingerprint density at radius 1 is 1.22 bits per heavy atom. The van der Waals surface area contributed by atoms with E-state index in [9.17, 15) is 0 Å². The highest BCUT2D eigenvalue weighted by Gasteiger charge is 2.06. The monoisotopic (exact) mass is 246 g/mol. The van der Waals surface area contributed by atoms with Crippen molar-refractivity contribution >= 4 is 0 Å². The van der Waals surface area contributed by atoms with Crippen molar-refractivity contribution in [3.05, 3.63) is 35.7 Å². The third-order valence-corrected chi connectivity index (χ3v) is 2.70. The minimum absolute atomic E-state index is 0.272. The van der Waals surface area contributed by atoms with Gasteiger partial charge >= 0.3 is 0 Å². The van der Waals surface area contributed by atoms with E-state index < -0.39 is 0 Å². The van der Waals surface area contributed by atoms with E-state index >= 15 is 0 Å². The second-order valence-corrected chi connectivity index (χ2v) is 4.47. The van der Waals surface area contributed by atoms with Crippen LogP contribution in [0.1, 0.15) is 11.5 Å². The number of aromatic nitrogens is 2. The lowest BCUT2D eigenvalue weighted by Crippen LogP contribution is -2.14. The molecule has 0 fully saturated rings. The summed E-state index contributed by atoms with van der Waals surface area (Å²) >= 11 is 0. The molecule has 2 rings (SSSR count). The van der Waals surface area contributed by atoms with Gasteiger partial charge in [0.05, 0.1) is 6.54 Å². The van der Waals surface area contributed by atoms with Crippen molar-refractivity contribution in [1.82, 2.24) is 15.0 Å². The van der Waals surface area contributed by atoms with Gasteiger partial charge in [-0.15, -0.1) is 0 Å². The molecule has 1 aromatic heterocycles. The molecule has 5 nitrogen and oxygen atoms in total. The fourth-order valence-electron chi connectivity index (χ4n) is 1.63. The number of nitrogens with zero attached hydrogens (tertiary/aromatic N) is 3. The molecule has 0 aliphatic carbocycles. The molecule has 0 amide bonds. The molecular formula is C13H18N4O. The van der Waals surface area contributed by atoms with Crippen LogP contribution in [0.2, 0.25) is 0 Å². The summed E-state index contributed by atoms with van der Waals surface area (Å²) in [6, 6.07) is 8.21. The SMILES string of the molecule is CN(C)CCc1ccc(-c2noc(CN)n2)cc1. The van der Waals surface area contributed by atoms with Crippen LogP contribution in [0.15, 0.2) is 28.8 Å².